The Hall–Kier alpha value is -1.50. The van der Waals surface area contributed by atoms with E-state index >= 15 is 0 Å². The highest BCUT2D eigenvalue weighted by atomic mass is 32.1. The molecule has 0 atom stereocenters. The van der Waals surface area contributed by atoms with Crippen molar-refractivity contribution in [3.05, 3.63) is 10.6 Å². The van der Waals surface area contributed by atoms with Crippen LogP contribution in [0.25, 0.3) is 0 Å². The summed E-state index contributed by atoms with van der Waals surface area (Å²) in [5.41, 5.74) is 0.452. The Labute approximate surface area is 116 Å². The largest absolute Gasteiger partial charge is 0.469 e. The van der Waals surface area contributed by atoms with E-state index in [1.54, 1.807) is 7.05 Å². The third kappa shape index (κ3) is 3.99. The van der Waals surface area contributed by atoms with Crippen molar-refractivity contribution >= 4 is 23.4 Å². The van der Waals surface area contributed by atoms with Gasteiger partial charge in [-0.3, -0.25) is 9.59 Å². The summed E-state index contributed by atoms with van der Waals surface area (Å²) in [4.78, 5) is 25.4. The molecule has 1 amide bonds. The maximum absolute atomic E-state index is 12.3. The summed E-state index contributed by atoms with van der Waals surface area (Å²) in [6.07, 6.45) is 0.176. The van der Waals surface area contributed by atoms with Crippen LogP contribution < -0.4 is 0 Å². The van der Waals surface area contributed by atoms with Crippen molar-refractivity contribution in [1.29, 1.82) is 0 Å². The first-order chi connectivity index (χ1) is 8.77. The van der Waals surface area contributed by atoms with E-state index in [2.05, 4.69) is 14.3 Å². The van der Waals surface area contributed by atoms with Gasteiger partial charge in [-0.15, -0.1) is 5.10 Å². The minimum atomic E-state index is -0.335. The number of carbonyl (C=O) groups is 2. The van der Waals surface area contributed by atoms with E-state index in [0.29, 0.717) is 17.1 Å². The average Bonchev–Trinajstić information content (AvgIpc) is 2.83. The van der Waals surface area contributed by atoms with Crippen molar-refractivity contribution in [2.24, 2.45) is 0 Å². The lowest BCUT2D eigenvalue weighted by Gasteiger charge is -2.19. The molecule has 0 N–H and O–H groups in total. The second kappa shape index (κ2) is 6.10. The highest BCUT2D eigenvalue weighted by Gasteiger charge is 2.28. The van der Waals surface area contributed by atoms with Crippen LogP contribution in [0.4, 0.5) is 0 Å². The molecular weight excluding hydrogens is 266 g/mol. The van der Waals surface area contributed by atoms with E-state index < -0.39 is 0 Å². The minimum Gasteiger partial charge on any atom is -0.469 e. The molecule has 1 heterocycles. The molecule has 6 nitrogen and oxygen atoms in total. The Morgan fingerprint density at radius 1 is 1.37 bits per heavy atom. The summed E-state index contributed by atoms with van der Waals surface area (Å²) >= 11 is 1.08. The van der Waals surface area contributed by atoms with E-state index in [1.165, 1.54) is 12.0 Å². The van der Waals surface area contributed by atoms with Crippen molar-refractivity contribution < 1.29 is 14.3 Å². The van der Waals surface area contributed by atoms with Gasteiger partial charge < -0.3 is 9.64 Å². The Morgan fingerprint density at radius 2 is 2.00 bits per heavy atom. The number of hydrogen-bond acceptors (Lipinski definition) is 6. The predicted molar refractivity (Wildman–Crippen MR) is 72.2 cm³/mol. The van der Waals surface area contributed by atoms with Crippen molar-refractivity contribution in [2.45, 2.75) is 32.6 Å². The van der Waals surface area contributed by atoms with Crippen molar-refractivity contribution in [3.63, 3.8) is 0 Å². The third-order valence-corrected chi connectivity index (χ3v) is 3.33. The topological polar surface area (TPSA) is 72.4 Å². The van der Waals surface area contributed by atoms with Crippen molar-refractivity contribution in [2.75, 3.05) is 20.7 Å². The molecule has 7 heteroatoms. The fourth-order valence-corrected chi connectivity index (χ4v) is 2.33. The van der Waals surface area contributed by atoms with E-state index in [9.17, 15) is 9.59 Å². The van der Waals surface area contributed by atoms with Crippen LogP contribution in [0.15, 0.2) is 0 Å². The molecule has 0 aliphatic heterocycles. The number of ether oxygens (including phenoxy) is 1. The number of aromatic nitrogens is 2. The second-order valence-electron chi connectivity index (χ2n) is 5.25. The van der Waals surface area contributed by atoms with Gasteiger partial charge in [0.15, 0.2) is 0 Å². The fraction of sp³-hybridized carbons (Fsp3) is 0.667. The number of hydrogen-bond donors (Lipinski definition) is 0. The molecule has 0 bridgehead atoms. The number of nitrogens with zero attached hydrogens (tertiary/aromatic N) is 3. The molecule has 0 spiro atoms. The quantitative estimate of drug-likeness (QED) is 0.783. The molecule has 0 radical (unpaired) electrons. The number of carbonyl (C=O) groups excluding carboxylic acids is 2. The van der Waals surface area contributed by atoms with Gasteiger partial charge in [0.2, 0.25) is 0 Å². The molecule has 1 rings (SSSR count). The summed E-state index contributed by atoms with van der Waals surface area (Å²) < 4.78 is 8.41. The van der Waals surface area contributed by atoms with Gasteiger partial charge in [-0.1, -0.05) is 25.3 Å². The maximum atomic E-state index is 12.3. The molecule has 1 aromatic heterocycles. The highest BCUT2D eigenvalue weighted by molar-refractivity contribution is 7.08. The number of methoxy groups -OCH3 is 1. The highest BCUT2D eigenvalue weighted by Crippen LogP contribution is 2.26. The van der Waals surface area contributed by atoms with Gasteiger partial charge in [-0.05, 0) is 11.5 Å². The van der Waals surface area contributed by atoms with Gasteiger partial charge in [-0.25, -0.2) is 0 Å². The lowest BCUT2D eigenvalue weighted by atomic mass is 9.91. The molecule has 1 aromatic rings. The van der Waals surface area contributed by atoms with Crippen LogP contribution >= 0.6 is 11.5 Å². The third-order valence-electron chi connectivity index (χ3n) is 2.62. The SMILES string of the molecule is COC(=O)CCN(C)C(=O)c1snnc1C(C)(C)C. The first-order valence-electron chi connectivity index (χ1n) is 5.92. The summed E-state index contributed by atoms with van der Waals surface area (Å²) in [6.45, 7) is 6.26. The minimum absolute atomic E-state index is 0.163. The molecule has 0 saturated heterocycles. The van der Waals surface area contributed by atoms with Gasteiger partial charge in [0, 0.05) is 19.0 Å². The van der Waals surface area contributed by atoms with Crippen LogP contribution in [0.5, 0.6) is 0 Å². The Morgan fingerprint density at radius 3 is 2.53 bits per heavy atom. The summed E-state index contributed by atoms with van der Waals surface area (Å²) in [7, 11) is 2.98. The summed E-state index contributed by atoms with van der Waals surface area (Å²) in [6, 6.07) is 0. The van der Waals surface area contributed by atoms with Gasteiger partial charge in [0.25, 0.3) is 5.91 Å². The summed E-state index contributed by atoms with van der Waals surface area (Å²) in [5.74, 6) is -0.498. The van der Waals surface area contributed by atoms with E-state index in [-0.39, 0.29) is 23.7 Å². The summed E-state index contributed by atoms with van der Waals surface area (Å²) in [5, 5.41) is 4.03. The smallest absolute Gasteiger partial charge is 0.307 e. The van der Waals surface area contributed by atoms with Gasteiger partial charge >= 0.3 is 5.97 Å². The lowest BCUT2D eigenvalue weighted by Crippen LogP contribution is -2.30. The van der Waals surface area contributed by atoms with Crippen molar-refractivity contribution in [3.8, 4) is 0 Å². The molecule has 106 valence electrons. The van der Waals surface area contributed by atoms with Crippen LogP contribution in [-0.2, 0) is 14.9 Å². The van der Waals surface area contributed by atoms with Crippen LogP contribution in [0.1, 0.15) is 42.6 Å². The zero-order valence-electron chi connectivity index (χ0n) is 11.9. The van der Waals surface area contributed by atoms with Crippen LogP contribution in [0.3, 0.4) is 0 Å². The molecule has 0 saturated carbocycles. The van der Waals surface area contributed by atoms with Gasteiger partial charge in [0.05, 0.1) is 19.2 Å². The molecule has 0 aliphatic rings. The Kier molecular flexibility index (Phi) is 4.99. The van der Waals surface area contributed by atoms with Gasteiger partial charge in [-0.2, -0.15) is 0 Å². The zero-order valence-corrected chi connectivity index (χ0v) is 12.7. The average molecular weight is 285 g/mol. The number of esters is 1. The van der Waals surface area contributed by atoms with E-state index in [4.69, 9.17) is 0 Å². The normalized spacial score (nSPS) is 11.2. The van der Waals surface area contributed by atoms with Crippen LogP contribution in [-0.4, -0.2) is 47.1 Å². The molecule has 0 fully saturated rings. The molecule has 0 aliphatic carbocycles. The van der Waals surface area contributed by atoms with Crippen LogP contribution in [0, 0.1) is 0 Å². The monoisotopic (exact) mass is 285 g/mol. The maximum Gasteiger partial charge on any atom is 0.307 e. The van der Waals surface area contributed by atoms with Gasteiger partial charge in [0.1, 0.15) is 4.88 Å². The molecule has 0 aromatic carbocycles. The van der Waals surface area contributed by atoms with E-state index in [0.717, 1.165) is 11.5 Å². The Bertz CT molecular complexity index is 465. The molecule has 19 heavy (non-hydrogen) atoms. The van der Waals surface area contributed by atoms with Crippen molar-refractivity contribution in [1.82, 2.24) is 14.5 Å². The second-order valence-corrected chi connectivity index (χ2v) is 6.01. The first-order valence-corrected chi connectivity index (χ1v) is 6.69. The number of rotatable bonds is 4. The lowest BCUT2D eigenvalue weighted by molar-refractivity contribution is -0.140. The first kappa shape index (κ1) is 15.6. The number of amides is 1. The van der Waals surface area contributed by atoms with Crippen LogP contribution in [0.2, 0.25) is 0 Å². The predicted octanol–water partition coefficient (Wildman–Crippen LogP) is 1.47. The standard InChI is InChI=1S/C12H19N3O3S/c1-12(2,3)10-9(19-14-13-10)11(17)15(4)7-6-8(16)18-5/h6-7H2,1-5H3. The molecule has 0 unspecified atom stereocenters. The fourth-order valence-electron chi connectivity index (χ4n) is 1.46. The Balaban J connectivity index is 2.78. The van der Waals surface area contributed by atoms with E-state index in [1.807, 2.05) is 20.8 Å². The molecular formula is C12H19N3O3S. The zero-order chi connectivity index (χ0) is 14.6.